The first-order valence-corrected chi connectivity index (χ1v) is 17.2. The van der Waals surface area contributed by atoms with Crippen LogP contribution in [0.2, 0.25) is 0 Å². The molecule has 6 heteroatoms. The van der Waals surface area contributed by atoms with Gasteiger partial charge >= 0.3 is 12.1 Å². The maximum atomic E-state index is 12.6. The summed E-state index contributed by atoms with van der Waals surface area (Å²) in [7, 11) is 1.67. The van der Waals surface area contributed by atoms with Gasteiger partial charge in [0.1, 0.15) is 23.0 Å². The Morgan fingerprint density at radius 2 is 0.635 bits per heavy atom. The van der Waals surface area contributed by atoms with Gasteiger partial charge in [-0.25, -0.2) is 4.79 Å². The van der Waals surface area contributed by atoms with Crippen LogP contribution >= 0.6 is 0 Å². The predicted molar refractivity (Wildman–Crippen MR) is 205 cm³/mol. The average Bonchev–Trinajstić information content (AvgIpc) is 3.15. The number of ether oxygens (including phenoxy) is 4. The van der Waals surface area contributed by atoms with Crippen molar-refractivity contribution in [2.24, 2.45) is 0 Å². The van der Waals surface area contributed by atoms with Gasteiger partial charge in [-0.15, -0.1) is 0 Å². The molecule has 0 spiro atoms. The fourth-order valence-corrected chi connectivity index (χ4v) is 6.25. The molecule has 6 rings (SSSR count). The van der Waals surface area contributed by atoms with E-state index in [1.807, 2.05) is 48.5 Å². The van der Waals surface area contributed by atoms with Crippen molar-refractivity contribution in [1.82, 2.24) is 0 Å². The van der Waals surface area contributed by atoms with Crippen LogP contribution in [0.15, 0.2) is 146 Å². The van der Waals surface area contributed by atoms with Crippen molar-refractivity contribution in [2.75, 3.05) is 7.11 Å². The minimum absolute atomic E-state index is 0.189. The highest BCUT2D eigenvalue weighted by Gasteiger charge is 2.25. The summed E-state index contributed by atoms with van der Waals surface area (Å²) in [5.74, 6) is 1.76. The van der Waals surface area contributed by atoms with Gasteiger partial charge in [-0.3, -0.25) is 4.79 Å². The Morgan fingerprint density at radius 1 is 0.385 bits per heavy atom. The number of carbonyl (C=O) groups is 2. The van der Waals surface area contributed by atoms with Crippen LogP contribution in [0.5, 0.6) is 23.0 Å². The normalized spacial score (nSPS) is 11.4. The zero-order valence-electron chi connectivity index (χ0n) is 30.3. The van der Waals surface area contributed by atoms with E-state index in [4.69, 9.17) is 18.9 Å². The third kappa shape index (κ3) is 8.08. The molecule has 0 N–H and O–H groups in total. The van der Waals surface area contributed by atoms with E-state index >= 15 is 0 Å². The van der Waals surface area contributed by atoms with E-state index in [9.17, 15) is 9.59 Å². The highest BCUT2D eigenvalue weighted by Crippen LogP contribution is 2.36. The number of hydrogen-bond donors (Lipinski definition) is 0. The van der Waals surface area contributed by atoms with Crippen LogP contribution in [0.3, 0.4) is 0 Å². The molecule has 52 heavy (non-hydrogen) atoms. The smallest absolute Gasteiger partial charge is 0.497 e. The summed E-state index contributed by atoms with van der Waals surface area (Å²) < 4.78 is 21.4. The molecule has 0 aromatic heterocycles. The van der Waals surface area contributed by atoms with Gasteiger partial charge in [-0.05, 0) is 93.0 Å². The molecule has 0 bridgehead atoms. The molecule has 0 aliphatic carbocycles. The summed E-state index contributed by atoms with van der Waals surface area (Å²) in [5.41, 5.74) is 8.38. The molecule has 0 amide bonds. The van der Waals surface area contributed by atoms with Crippen LogP contribution in [-0.2, 0) is 15.6 Å². The van der Waals surface area contributed by atoms with Crippen molar-refractivity contribution in [3.63, 3.8) is 0 Å². The van der Waals surface area contributed by atoms with Gasteiger partial charge in [-0.1, -0.05) is 125 Å². The monoisotopic (exact) mass is 690 g/mol. The summed E-state index contributed by atoms with van der Waals surface area (Å²) in [6.45, 7) is 10.0. The summed E-state index contributed by atoms with van der Waals surface area (Å²) in [5, 5.41) is 0. The Morgan fingerprint density at radius 3 is 0.942 bits per heavy atom. The third-order valence-corrected chi connectivity index (χ3v) is 9.64. The zero-order chi connectivity index (χ0) is 36.9. The lowest BCUT2D eigenvalue weighted by atomic mass is 9.77. The Hall–Kier alpha value is -6.14. The number of carbonyl (C=O) groups excluding carboxylic acids is 2. The first-order chi connectivity index (χ1) is 24.9. The van der Waals surface area contributed by atoms with Crippen LogP contribution in [0.1, 0.15) is 56.9 Å². The second-order valence-electron chi connectivity index (χ2n) is 13.8. The van der Waals surface area contributed by atoms with Gasteiger partial charge in [0.25, 0.3) is 0 Å². The fraction of sp³-hybridized carbons (Fsp3) is 0.174. The van der Waals surface area contributed by atoms with Crippen molar-refractivity contribution in [1.29, 1.82) is 0 Å². The minimum atomic E-state index is -0.815. The molecule has 6 aromatic carbocycles. The Labute approximate surface area is 305 Å². The molecule has 0 aliphatic heterocycles. The van der Waals surface area contributed by atoms with E-state index in [0.717, 1.165) is 39.1 Å². The first kappa shape index (κ1) is 35.7. The molecule has 0 aliphatic rings. The van der Waals surface area contributed by atoms with Crippen LogP contribution < -0.4 is 18.9 Å². The molecule has 0 saturated carbocycles. The van der Waals surface area contributed by atoms with Crippen molar-refractivity contribution >= 4 is 12.1 Å². The highest BCUT2D eigenvalue weighted by atomic mass is 16.7. The Balaban J connectivity index is 1.04. The van der Waals surface area contributed by atoms with E-state index < -0.39 is 6.16 Å². The fourth-order valence-electron chi connectivity index (χ4n) is 6.25. The molecular weight excluding hydrogens is 648 g/mol. The molecule has 6 aromatic rings. The molecular formula is C46H42O6. The molecule has 0 atom stereocenters. The number of esters is 1. The molecule has 0 unspecified atom stereocenters. The summed E-state index contributed by atoms with van der Waals surface area (Å²) >= 11 is 0. The number of rotatable bonds is 10. The third-order valence-electron chi connectivity index (χ3n) is 9.64. The average molecular weight is 691 g/mol. The van der Waals surface area contributed by atoms with Crippen LogP contribution in [0.4, 0.5) is 4.79 Å². The van der Waals surface area contributed by atoms with Crippen LogP contribution in [0, 0.1) is 0 Å². The Bertz CT molecular complexity index is 2130. The molecule has 262 valence electrons. The number of hydrogen-bond acceptors (Lipinski definition) is 6. The molecule has 6 nitrogen and oxygen atoms in total. The maximum Gasteiger partial charge on any atom is 0.519 e. The van der Waals surface area contributed by atoms with Crippen LogP contribution in [-0.4, -0.2) is 19.2 Å². The lowest BCUT2D eigenvalue weighted by Crippen LogP contribution is -2.19. The SMILES string of the molecule is COc1ccc(-c2ccc(C(C)(C)c3ccc(-c4ccc(OC(=O)Oc5ccc(C(C)(C)c6ccc(OC(C)=O)cc6)cc5)cc4)cc3)cc2)cc1. The molecule has 0 heterocycles. The van der Waals surface area contributed by atoms with Gasteiger partial charge in [0.05, 0.1) is 7.11 Å². The Kier molecular flexibility index (Phi) is 10.3. The lowest BCUT2D eigenvalue weighted by molar-refractivity contribution is -0.131. The predicted octanol–water partition coefficient (Wildman–Crippen LogP) is 11.2. The highest BCUT2D eigenvalue weighted by molar-refractivity contribution is 5.70. The van der Waals surface area contributed by atoms with Crippen molar-refractivity contribution in [3.05, 3.63) is 168 Å². The second kappa shape index (κ2) is 15.0. The first-order valence-electron chi connectivity index (χ1n) is 17.2. The van der Waals surface area contributed by atoms with E-state index in [1.54, 1.807) is 43.5 Å². The van der Waals surface area contributed by atoms with Gasteiger partial charge < -0.3 is 18.9 Å². The summed E-state index contributed by atoms with van der Waals surface area (Å²) in [4.78, 5) is 23.9. The van der Waals surface area contributed by atoms with E-state index in [1.165, 1.54) is 18.1 Å². The quantitative estimate of drug-likeness (QED) is 0.0809. The van der Waals surface area contributed by atoms with Crippen LogP contribution in [0.25, 0.3) is 22.3 Å². The number of benzene rings is 6. The van der Waals surface area contributed by atoms with Crippen molar-refractivity contribution < 1.29 is 28.5 Å². The van der Waals surface area contributed by atoms with Gasteiger partial charge in [0.2, 0.25) is 0 Å². The molecule has 0 saturated heterocycles. The molecule has 0 fully saturated rings. The van der Waals surface area contributed by atoms with Crippen molar-refractivity contribution in [3.8, 4) is 45.3 Å². The largest absolute Gasteiger partial charge is 0.519 e. The van der Waals surface area contributed by atoms with Crippen molar-refractivity contribution in [2.45, 2.75) is 45.4 Å². The standard InChI is InChI=1S/C46H42O6/c1-31(47)50-41-27-19-38(20-28-41)46(4,5)39-21-29-43(30-22-39)52-44(48)51-42-25-13-35(14-26-42)33-9-17-37(18-10-33)45(2,3)36-15-7-32(8-16-36)34-11-23-40(49-6)24-12-34/h7-30H,1-6H3. The maximum absolute atomic E-state index is 12.6. The number of methoxy groups -OCH3 is 1. The van der Waals surface area contributed by atoms with Gasteiger partial charge in [-0.2, -0.15) is 0 Å². The van der Waals surface area contributed by atoms with E-state index in [0.29, 0.717) is 17.2 Å². The topological polar surface area (TPSA) is 71.1 Å². The van der Waals surface area contributed by atoms with Gasteiger partial charge in [0, 0.05) is 17.8 Å². The zero-order valence-corrected chi connectivity index (χ0v) is 30.3. The second-order valence-corrected chi connectivity index (χ2v) is 13.8. The summed E-state index contributed by atoms with van der Waals surface area (Å²) in [6, 6.07) is 47.6. The van der Waals surface area contributed by atoms with E-state index in [-0.39, 0.29) is 16.8 Å². The molecule has 0 radical (unpaired) electrons. The van der Waals surface area contributed by atoms with E-state index in [2.05, 4.69) is 88.4 Å². The summed E-state index contributed by atoms with van der Waals surface area (Å²) in [6.07, 6.45) is -0.815. The lowest BCUT2D eigenvalue weighted by Gasteiger charge is -2.26. The van der Waals surface area contributed by atoms with Gasteiger partial charge in [0.15, 0.2) is 0 Å². The minimum Gasteiger partial charge on any atom is -0.497 e.